The zero-order valence-corrected chi connectivity index (χ0v) is 10.1. The predicted molar refractivity (Wildman–Crippen MR) is 64.8 cm³/mol. The van der Waals surface area contributed by atoms with Crippen LogP contribution in [0.3, 0.4) is 0 Å². The number of rotatable bonds is 5. The van der Waals surface area contributed by atoms with Gasteiger partial charge in [-0.15, -0.1) is 0 Å². The standard InChI is InChI=1S/C13H16O4/c1-9(15)12(8-14)11-6-4-5-7-13(11)17-10(2)16-3/h4-8,10,14H,1-3H3/b12-8-. The lowest BCUT2D eigenvalue weighted by Gasteiger charge is -2.16. The summed E-state index contributed by atoms with van der Waals surface area (Å²) in [4.78, 5) is 11.4. The number of benzene rings is 1. The molecule has 0 saturated carbocycles. The molecule has 1 aromatic carbocycles. The van der Waals surface area contributed by atoms with Crippen molar-refractivity contribution in [3.8, 4) is 5.75 Å². The van der Waals surface area contributed by atoms with Gasteiger partial charge in [0.15, 0.2) is 12.1 Å². The van der Waals surface area contributed by atoms with E-state index in [-0.39, 0.29) is 11.4 Å². The van der Waals surface area contributed by atoms with E-state index in [0.717, 1.165) is 6.26 Å². The highest BCUT2D eigenvalue weighted by Crippen LogP contribution is 2.27. The SMILES string of the molecule is COC(C)Oc1ccccc1/C(=C\O)C(C)=O. The molecule has 0 spiro atoms. The molecule has 4 heteroatoms. The molecule has 1 N–H and O–H groups in total. The van der Waals surface area contributed by atoms with E-state index < -0.39 is 6.29 Å². The quantitative estimate of drug-likeness (QED) is 0.485. The van der Waals surface area contributed by atoms with E-state index >= 15 is 0 Å². The van der Waals surface area contributed by atoms with Crippen LogP contribution in [0.15, 0.2) is 30.5 Å². The van der Waals surface area contributed by atoms with Gasteiger partial charge in [0.2, 0.25) is 0 Å². The van der Waals surface area contributed by atoms with Crippen LogP contribution in [0.25, 0.3) is 5.57 Å². The fourth-order valence-electron chi connectivity index (χ4n) is 1.37. The third-order valence-corrected chi connectivity index (χ3v) is 2.31. The van der Waals surface area contributed by atoms with Gasteiger partial charge in [-0.1, -0.05) is 18.2 Å². The Kier molecular flexibility index (Phi) is 4.72. The largest absolute Gasteiger partial charge is 0.515 e. The van der Waals surface area contributed by atoms with Crippen molar-refractivity contribution < 1.29 is 19.4 Å². The normalized spacial score (nSPS) is 13.2. The van der Waals surface area contributed by atoms with Crippen LogP contribution in [0, 0.1) is 0 Å². The smallest absolute Gasteiger partial charge is 0.196 e. The number of ketones is 1. The van der Waals surface area contributed by atoms with Crippen LogP contribution >= 0.6 is 0 Å². The summed E-state index contributed by atoms with van der Waals surface area (Å²) in [6.07, 6.45) is 0.366. The van der Waals surface area contributed by atoms with Crippen LogP contribution in [-0.4, -0.2) is 24.3 Å². The minimum absolute atomic E-state index is 0.212. The first kappa shape index (κ1) is 13.3. The number of carbonyl (C=O) groups is 1. The van der Waals surface area contributed by atoms with Crippen LogP contribution in [0.1, 0.15) is 19.4 Å². The number of methoxy groups -OCH3 is 1. The number of aliphatic hydroxyl groups excluding tert-OH is 1. The summed E-state index contributed by atoms with van der Waals surface area (Å²) in [6.45, 7) is 3.13. The maximum absolute atomic E-state index is 11.4. The maximum Gasteiger partial charge on any atom is 0.196 e. The monoisotopic (exact) mass is 236 g/mol. The summed E-state index contributed by atoms with van der Waals surface area (Å²) in [7, 11) is 1.53. The van der Waals surface area contributed by atoms with E-state index in [1.165, 1.54) is 14.0 Å². The number of ether oxygens (including phenoxy) is 2. The Morgan fingerprint density at radius 2 is 2.06 bits per heavy atom. The fraction of sp³-hybridized carbons (Fsp3) is 0.308. The van der Waals surface area contributed by atoms with E-state index in [0.29, 0.717) is 11.3 Å². The molecule has 0 bridgehead atoms. The Hall–Kier alpha value is -1.81. The summed E-state index contributed by atoms with van der Waals surface area (Å²) >= 11 is 0. The van der Waals surface area contributed by atoms with Crippen LogP contribution < -0.4 is 4.74 Å². The Bertz CT molecular complexity index is 423. The number of allylic oxidation sites excluding steroid dienone is 1. The lowest BCUT2D eigenvalue weighted by Crippen LogP contribution is -2.15. The average molecular weight is 236 g/mol. The first-order chi connectivity index (χ1) is 8.10. The van der Waals surface area contributed by atoms with Gasteiger partial charge in [0, 0.05) is 12.7 Å². The molecule has 0 radical (unpaired) electrons. The molecule has 1 aromatic rings. The highest BCUT2D eigenvalue weighted by molar-refractivity contribution is 6.19. The van der Waals surface area contributed by atoms with Crippen molar-refractivity contribution in [2.75, 3.05) is 7.11 Å². The van der Waals surface area contributed by atoms with Crippen molar-refractivity contribution in [1.29, 1.82) is 0 Å². The molecule has 0 aromatic heterocycles. The highest BCUT2D eigenvalue weighted by atomic mass is 16.7. The molecule has 1 unspecified atom stereocenters. The van der Waals surface area contributed by atoms with E-state index in [2.05, 4.69) is 0 Å². The van der Waals surface area contributed by atoms with E-state index in [9.17, 15) is 4.79 Å². The van der Waals surface area contributed by atoms with E-state index in [1.807, 2.05) is 0 Å². The first-order valence-electron chi connectivity index (χ1n) is 5.24. The van der Waals surface area contributed by atoms with Crippen molar-refractivity contribution in [1.82, 2.24) is 0 Å². The van der Waals surface area contributed by atoms with Gasteiger partial charge in [-0.05, 0) is 19.9 Å². The second-order valence-electron chi connectivity index (χ2n) is 3.52. The minimum atomic E-state index is -0.428. The number of hydrogen-bond acceptors (Lipinski definition) is 4. The summed E-state index contributed by atoms with van der Waals surface area (Å²) in [6, 6.07) is 6.99. The first-order valence-corrected chi connectivity index (χ1v) is 5.24. The minimum Gasteiger partial charge on any atom is -0.515 e. The number of aliphatic hydroxyl groups is 1. The second kappa shape index (κ2) is 6.06. The van der Waals surface area contributed by atoms with Gasteiger partial charge in [-0.25, -0.2) is 0 Å². The molecule has 0 fully saturated rings. The molecule has 0 amide bonds. The maximum atomic E-state index is 11.4. The van der Waals surface area contributed by atoms with Crippen LogP contribution in [-0.2, 0) is 9.53 Å². The van der Waals surface area contributed by atoms with Crippen molar-refractivity contribution in [2.24, 2.45) is 0 Å². The number of carbonyl (C=O) groups excluding carboxylic acids is 1. The van der Waals surface area contributed by atoms with Crippen molar-refractivity contribution >= 4 is 11.4 Å². The molecular weight excluding hydrogens is 220 g/mol. The van der Waals surface area contributed by atoms with Gasteiger partial charge in [0.05, 0.1) is 11.8 Å². The number of Topliss-reactive ketones (excluding diaryl/α,β-unsaturated/α-hetero) is 1. The van der Waals surface area contributed by atoms with Gasteiger partial charge in [-0.3, -0.25) is 4.79 Å². The molecule has 4 nitrogen and oxygen atoms in total. The van der Waals surface area contributed by atoms with Crippen LogP contribution in [0.2, 0.25) is 0 Å². The molecule has 0 aliphatic carbocycles. The van der Waals surface area contributed by atoms with Gasteiger partial charge in [0.1, 0.15) is 5.75 Å². The molecule has 92 valence electrons. The van der Waals surface area contributed by atoms with Crippen molar-refractivity contribution in [3.05, 3.63) is 36.1 Å². The molecule has 1 rings (SSSR count). The summed E-state index contributed by atoms with van der Waals surface area (Å²) in [5.74, 6) is 0.269. The predicted octanol–water partition coefficient (Wildman–Crippen LogP) is 2.55. The Balaban J connectivity index is 3.11. The van der Waals surface area contributed by atoms with Crippen LogP contribution in [0.5, 0.6) is 5.75 Å². The Labute approximate surface area is 100 Å². The fourth-order valence-corrected chi connectivity index (χ4v) is 1.37. The molecule has 1 atom stereocenters. The Morgan fingerprint density at radius 1 is 1.41 bits per heavy atom. The lowest BCUT2D eigenvalue weighted by atomic mass is 10.0. The highest BCUT2D eigenvalue weighted by Gasteiger charge is 2.14. The van der Waals surface area contributed by atoms with E-state index in [4.69, 9.17) is 14.6 Å². The zero-order chi connectivity index (χ0) is 12.8. The average Bonchev–Trinajstić information content (AvgIpc) is 2.31. The number of para-hydroxylation sites is 1. The molecule has 0 aliphatic rings. The second-order valence-corrected chi connectivity index (χ2v) is 3.52. The van der Waals surface area contributed by atoms with Gasteiger partial charge in [-0.2, -0.15) is 0 Å². The Morgan fingerprint density at radius 3 is 2.59 bits per heavy atom. The third-order valence-electron chi connectivity index (χ3n) is 2.31. The molecular formula is C13H16O4. The molecule has 17 heavy (non-hydrogen) atoms. The topological polar surface area (TPSA) is 55.8 Å². The molecule has 0 aliphatic heterocycles. The lowest BCUT2D eigenvalue weighted by molar-refractivity contribution is -0.111. The third kappa shape index (κ3) is 3.32. The van der Waals surface area contributed by atoms with E-state index in [1.54, 1.807) is 31.2 Å². The summed E-state index contributed by atoms with van der Waals surface area (Å²) in [5, 5.41) is 9.10. The summed E-state index contributed by atoms with van der Waals surface area (Å²) < 4.78 is 10.5. The van der Waals surface area contributed by atoms with Gasteiger partial charge in [0.25, 0.3) is 0 Å². The zero-order valence-electron chi connectivity index (χ0n) is 10.1. The molecule has 0 heterocycles. The molecule has 0 saturated heterocycles. The van der Waals surface area contributed by atoms with Gasteiger partial charge >= 0.3 is 0 Å². The van der Waals surface area contributed by atoms with Crippen molar-refractivity contribution in [2.45, 2.75) is 20.1 Å². The van der Waals surface area contributed by atoms with Crippen molar-refractivity contribution in [3.63, 3.8) is 0 Å². The van der Waals surface area contributed by atoms with Gasteiger partial charge < -0.3 is 14.6 Å². The number of hydrogen-bond donors (Lipinski definition) is 1. The summed E-state index contributed by atoms with van der Waals surface area (Å²) in [5.41, 5.74) is 0.760. The van der Waals surface area contributed by atoms with Crippen LogP contribution in [0.4, 0.5) is 0 Å².